The number of carboxylic acid groups (broad SMARTS) is 1. The van der Waals surface area contributed by atoms with Gasteiger partial charge in [0.05, 0.1) is 18.7 Å². The Kier molecular flexibility index (Phi) is 5.05. The number of rotatable bonds is 5. The van der Waals surface area contributed by atoms with Crippen molar-refractivity contribution in [2.45, 2.75) is 13.3 Å². The lowest BCUT2D eigenvalue weighted by molar-refractivity contribution is -0.136. The van der Waals surface area contributed by atoms with E-state index in [4.69, 9.17) is 11.5 Å². The van der Waals surface area contributed by atoms with Crippen LogP contribution in [0.3, 0.4) is 0 Å². The Balaban J connectivity index is 2.89. The molecular formula is C13H14BrNO2. The number of nitrogens with zero attached hydrogens (tertiary/aromatic N) is 1. The van der Waals surface area contributed by atoms with Crippen LogP contribution in [-0.2, 0) is 4.79 Å². The standard InChI is InChI=1S/C13H14BrNO2/c1-3-7-15(8-6-13(16)17)12-5-4-10(2)9-11(12)14/h1,4-5,9H,6-8H2,2H3,(H,16,17). The molecule has 0 atom stereocenters. The van der Waals surface area contributed by atoms with Crippen LogP contribution in [0.15, 0.2) is 22.7 Å². The fourth-order valence-electron chi connectivity index (χ4n) is 1.49. The van der Waals surface area contributed by atoms with E-state index in [1.54, 1.807) is 0 Å². The zero-order chi connectivity index (χ0) is 12.8. The lowest BCUT2D eigenvalue weighted by atomic mass is 10.2. The third kappa shape index (κ3) is 4.12. The van der Waals surface area contributed by atoms with Crippen LogP contribution in [0.2, 0.25) is 0 Å². The number of hydrogen-bond acceptors (Lipinski definition) is 2. The van der Waals surface area contributed by atoms with Gasteiger partial charge in [0.1, 0.15) is 0 Å². The van der Waals surface area contributed by atoms with E-state index in [1.807, 2.05) is 30.0 Å². The Bertz CT molecular complexity index is 451. The van der Waals surface area contributed by atoms with Crippen LogP contribution in [0, 0.1) is 19.3 Å². The fraction of sp³-hybridized carbons (Fsp3) is 0.308. The van der Waals surface area contributed by atoms with E-state index in [1.165, 1.54) is 0 Å². The summed E-state index contributed by atoms with van der Waals surface area (Å²) in [5.74, 6) is 1.72. The number of carboxylic acids is 1. The normalized spacial score (nSPS) is 9.71. The Morgan fingerprint density at radius 2 is 2.29 bits per heavy atom. The number of anilines is 1. The minimum atomic E-state index is -0.824. The van der Waals surface area contributed by atoms with Crippen LogP contribution in [0.1, 0.15) is 12.0 Å². The molecule has 90 valence electrons. The molecule has 1 aromatic rings. The van der Waals surface area contributed by atoms with Crippen molar-refractivity contribution < 1.29 is 9.90 Å². The van der Waals surface area contributed by atoms with Gasteiger partial charge in [0.25, 0.3) is 0 Å². The summed E-state index contributed by atoms with van der Waals surface area (Å²) in [6.07, 6.45) is 5.37. The highest BCUT2D eigenvalue weighted by molar-refractivity contribution is 9.10. The SMILES string of the molecule is C#CCN(CCC(=O)O)c1ccc(C)cc1Br. The summed E-state index contributed by atoms with van der Waals surface area (Å²) >= 11 is 3.47. The van der Waals surface area contributed by atoms with Crippen LogP contribution >= 0.6 is 15.9 Å². The van der Waals surface area contributed by atoms with E-state index in [0.717, 1.165) is 15.7 Å². The third-order valence-electron chi connectivity index (χ3n) is 2.32. The van der Waals surface area contributed by atoms with Crippen molar-refractivity contribution in [1.82, 2.24) is 0 Å². The molecule has 0 aliphatic carbocycles. The number of terminal acetylenes is 1. The van der Waals surface area contributed by atoms with Gasteiger partial charge in [0, 0.05) is 11.0 Å². The molecule has 0 saturated heterocycles. The summed E-state index contributed by atoms with van der Waals surface area (Å²) in [7, 11) is 0. The number of hydrogen-bond donors (Lipinski definition) is 1. The molecule has 3 nitrogen and oxygen atoms in total. The quantitative estimate of drug-likeness (QED) is 0.849. The smallest absolute Gasteiger partial charge is 0.305 e. The molecule has 0 aliphatic rings. The van der Waals surface area contributed by atoms with Crippen molar-refractivity contribution in [3.05, 3.63) is 28.2 Å². The lowest BCUT2D eigenvalue weighted by Gasteiger charge is -2.23. The highest BCUT2D eigenvalue weighted by Gasteiger charge is 2.10. The van der Waals surface area contributed by atoms with E-state index < -0.39 is 5.97 Å². The number of benzene rings is 1. The molecule has 0 amide bonds. The molecule has 1 aromatic carbocycles. The van der Waals surface area contributed by atoms with Crippen LogP contribution in [-0.4, -0.2) is 24.2 Å². The van der Waals surface area contributed by atoms with Crippen molar-refractivity contribution >= 4 is 27.6 Å². The van der Waals surface area contributed by atoms with Gasteiger partial charge in [-0.05, 0) is 40.5 Å². The van der Waals surface area contributed by atoms with Crippen LogP contribution < -0.4 is 4.90 Å². The van der Waals surface area contributed by atoms with E-state index in [-0.39, 0.29) is 6.42 Å². The first-order valence-electron chi connectivity index (χ1n) is 5.21. The molecule has 0 fully saturated rings. The van der Waals surface area contributed by atoms with Gasteiger partial charge < -0.3 is 10.0 Å². The van der Waals surface area contributed by atoms with Crippen molar-refractivity contribution in [3.8, 4) is 12.3 Å². The Morgan fingerprint density at radius 3 is 2.82 bits per heavy atom. The highest BCUT2D eigenvalue weighted by atomic mass is 79.9. The van der Waals surface area contributed by atoms with E-state index in [2.05, 4.69) is 21.9 Å². The Hall–Kier alpha value is -1.47. The maximum atomic E-state index is 10.6. The predicted molar refractivity (Wildman–Crippen MR) is 72.2 cm³/mol. The molecular weight excluding hydrogens is 282 g/mol. The third-order valence-corrected chi connectivity index (χ3v) is 2.96. The van der Waals surface area contributed by atoms with Gasteiger partial charge in [0.2, 0.25) is 0 Å². The minimum absolute atomic E-state index is 0.0714. The largest absolute Gasteiger partial charge is 0.481 e. The molecule has 1 N–H and O–H groups in total. The second kappa shape index (κ2) is 6.31. The first-order valence-corrected chi connectivity index (χ1v) is 6.00. The fourth-order valence-corrected chi connectivity index (χ4v) is 2.24. The first-order chi connectivity index (χ1) is 8.04. The molecule has 0 aliphatic heterocycles. The second-order valence-corrected chi connectivity index (χ2v) is 4.58. The maximum absolute atomic E-state index is 10.6. The topological polar surface area (TPSA) is 40.5 Å². The van der Waals surface area contributed by atoms with Crippen molar-refractivity contribution in [2.75, 3.05) is 18.0 Å². The van der Waals surface area contributed by atoms with Crippen molar-refractivity contribution in [3.63, 3.8) is 0 Å². The highest BCUT2D eigenvalue weighted by Crippen LogP contribution is 2.27. The van der Waals surface area contributed by atoms with E-state index in [0.29, 0.717) is 13.1 Å². The molecule has 4 heteroatoms. The van der Waals surface area contributed by atoms with Gasteiger partial charge in [-0.2, -0.15) is 0 Å². The molecule has 0 aromatic heterocycles. The molecule has 17 heavy (non-hydrogen) atoms. The zero-order valence-corrected chi connectivity index (χ0v) is 11.2. The van der Waals surface area contributed by atoms with E-state index in [9.17, 15) is 4.79 Å². The molecule has 0 unspecified atom stereocenters. The van der Waals surface area contributed by atoms with E-state index >= 15 is 0 Å². The lowest BCUT2D eigenvalue weighted by Crippen LogP contribution is -2.26. The van der Waals surface area contributed by atoms with Gasteiger partial charge in [-0.15, -0.1) is 6.42 Å². The van der Waals surface area contributed by atoms with Gasteiger partial charge >= 0.3 is 5.97 Å². The molecule has 0 radical (unpaired) electrons. The first kappa shape index (κ1) is 13.6. The van der Waals surface area contributed by atoms with Crippen molar-refractivity contribution in [1.29, 1.82) is 0 Å². The summed E-state index contributed by atoms with van der Waals surface area (Å²) in [4.78, 5) is 12.5. The Morgan fingerprint density at radius 1 is 1.59 bits per heavy atom. The maximum Gasteiger partial charge on any atom is 0.305 e. The molecule has 0 bridgehead atoms. The van der Waals surface area contributed by atoms with Crippen molar-refractivity contribution in [2.24, 2.45) is 0 Å². The average Bonchev–Trinajstić information content (AvgIpc) is 2.24. The van der Waals surface area contributed by atoms with Crippen LogP contribution in [0.25, 0.3) is 0 Å². The predicted octanol–water partition coefficient (Wildman–Crippen LogP) is 2.67. The molecule has 1 rings (SSSR count). The zero-order valence-electron chi connectivity index (χ0n) is 9.61. The minimum Gasteiger partial charge on any atom is -0.481 e. The summed E-state index contributed by atoms with van der Waals surface area (Å²) in [6.45, 7) is 2.80. The number of aliphatic carboxylic acids is 1. The number of aryl methyl sites for hydroxylation is 1. The molecule has 0 saturated carbocycles. The number of carbonyl (C=O) groups is 1. The monoisotopic (exact) mass is 295 g/mol. The van der Waals surface area contributed by atoms with Crippen LogP contribution in [0.5, 0.6) is 0 Å². The Labute approximate surface area is 110 Å². The average molecular weight is 296 g/mol. The van der Waals surface area contributed by atoms with Gasteiger partial charge in [0.15, 0.2) is 0 Å². The van der Waals surface area contributed by atoms with Gasteiger partial charge in [-0.3, -0.25) is 4.79 Å². The number of halogens is 1. The second-order valence-electron chi connectivity index (χ2n) is 3.72. The summed E-state index contributed by atoms with van der Waals surface area (Å²) in [5.41, 5.74) is 2.06. The molecule has 0 spiro atoms. The van der Waals surface area contributed by atoms with Gasteiger partial charge in [-0.1, -0.05) is 12.0 Å². The van der Waals surface area contributed by atoms with Crippen LogP contribution in [0.4, 0.5) is 5.69 Å². The summed E-state index contributed by atoms with van der Waals surface area (Å²) < 4.78 is 0.929. The summed E-state index contributed by atoms with van der Waals surface area (Å²) in [6, 6.07) is 5.91. The molecule has 0 heterocycles. The van der Waals surface area contributed by atoms with Gasteiger partial charge in [-0.25, -0.2) is 0 Å². The summed E-state index contributed by atoms with van der Waals surface area (Å²) in [5, 5.41) is 8.70.